The molecule has 0 aromatic heterocycles. The van der Waals surface area contributed by atoms with Crippen LogP contribution in [0.25, 0.3) is 0 Å². The van der Waals surface area contributed by atoms with Crippen LogP contribution in [0.2, 0.25) is 0 Å². The number of phenolic OH excluding ortho intramolecular Hbond substituents is 1. The molecule has 19 heavy (non-hydrogen) atoms. The molecule has 1 atom stereocenters. The lowest BCUT2D eigenvalue weighted by Gasteiger charge is -2.24. The number of nitrogens with zero attached hydrogens (tertiary/aromatic N) is 1. The Balaban J connectivity index is 2.67. The molecule has 4 heteroatoms. The van der Waals surface area contributed by atoms with Crippen LogP contribution in [0.3, 0.4) is 0 Å². The maximum atomic E-state index is 12.1. The van der Waals surface area contributed by atoms with E-state index in [1.54, 1.807) is 25.1 Å². The summed E-state index contributed by atoms with van der Waals surface area (Å²) < 4.78 is 0. The van der Waals surface area contributed by atoms with E-state index in [1.165, 1.54) is 0 Å². The Bertz CT molecular complexity index is 430. The predicted octanol–water partition coefficient (Wildman–Crippen LogP) is 2.16. The molecule has 1 aromatic carbocycles. The largest absolute Gasteiger partial charge is 0.508 e. The average molecular weight is 264 g/mol. The zero-order valence-corrected chi connectivity index (χ0v) is 12.2. The van der Waals surface area contributed by atoms with Crippen molar-refractivity contribution < 1.29 is 9.90 Å². The van der Waals surface area contributed by atoms with Crippen LogP contribution < -0.4 is 5.32 Å². The third-order valence-corrected chi connectivity index (χ3v) is 3.40. The molecule has 2 N–H and O–H groups in total. The Kier molecular flexibility index (Phi) is 5.83. The number of nitrogens with one attached hydrogen (secondary N) is 1. The quantitative estimate of drug-likeness (QED) is 0.828. The highest BCUT2D eigenvalue weighted by Gasteiger charge is 2.15. The van der Waals surface area contributed by atoms with Crippen molar-refractivity contribution in [3.8, 4) is 5.75 Å². The van der Waals surface area contributed by atoms with Gasteiger partial charge in [-0.1, -0.05) is 19.4 Å². The van der Waals surface area contributed by atoms with E-state index in [1.807, 2.05) is 14.1 Å². The molecule has 0 saturated heterocycles. The first kappa shape index (κ1) is 15.5. The van der Waals surface area contributed by atoms with Gasteiger partial charge in [-0.25, -0.2) is 0 Å². The van der Waals surface area contributed by atoms with Crippen molar-refractivity contribution in [2.24, 2.45) is 0 Å². The summed E-state index contributed by atoms with van der Waals surface area (Å²) in [6.07, 6.45) is 2.14. The zero-order valence-electron chi connectivity index (χ0n) is 12.2. The molecule has 1 rings (SSSR count). The topological polar surface area (TPSA) is 52.6 Å². The molecule has 0 radical (unpaired) electrons. The van der Waals surface area contributed by atoms with E-state index < -0.39 is 0 Å². The molecule has 4 nitrogen and oxygen atoms in total. The minimum absolute atomic E-state index is 0.128. The molecule has 1 amide bonds. The fraction of sp³-hybridized carbons (Fsp3) is 0.533. The lowest BCUT2D eigenvalue weighted by atomic mass is 10.1. The smallest absolute Gasteiger partial charge is 0.251 e. The van der Waals surface area contributed by atoms with Crippen LogP contribution in [0.5, 0.6) is 5.75 Å². The number of aromatic hydroxyl groups is 1. The van der Waals surface area contributed by atoms with Crippen molar-refractivity contribution in [3.63, 3.8) is 0 Å². The Morgan fingerprint density at radius 1 is 1.42 bits per heavy atom. The molecule has 0 bridgehead atoms. The number of benzene rings is 1. The molecule has 0 aliphatic carbocycles. The van der Waals surface area contributed by atoms with Crippen LogP contribution in [0.4, 0.5) is 0 Å². The molecular formula is C15H24N2O2. The van der Waals surface area contributed by atoms with Crippen LogP contribution in [-0.4, -0.2) is 42.6 Å². The van der Waals surface area contributed by atoms with Gasteiger partial charge in [0, 0.05) is 23.7 Å². The van der Waals surface area contributed by atoms with Crippen molar-refractivity contribution in [2.75, 3.05) is 20.6 Å². The summed E-state index contributed by atoms with van der Waals surface area (Å²) in [6, 6.07) is 5.35. The lowest BCUT2D eigenvalue weighted by Crippen LogP contribution is -2.40. The van der Waals surface area contributed by atoms with E-state index in [2.05, 4.69) is 17.1 Å². The minimum Gasteiger partial charge on any atom is -0.508 e. The van der Waals surface area contributed by atoms with E-state index in [4.69, 9.17) is 0 Å². The second kappa shape index (κ2) is 7.14. The van der Waals surface area contributed by atoms with E-state index >= 15 is 0 Å². The Hall–Kier alpha value is -1.55. The summed E-state index contributed by atoms with van der Waals surface area (Å²) in [5.74, 6) is 0.0294. The van der Waals surface area contributed by atoms with Crippen molar-refractivity contribution in [1.82, 2.24) is 10.2 Å². The summed E-state index contributed by atoms with van der Waals surface area (Å²) in [5, 5.41) is 12.6. The zero-order chi connectivity index (χ0) is 14.4. The van der Waals surface area contributed by atoms with E-state index in [0.717, 1.165) is 12.8 Å². The summed E-state index contributed by atoms with van der Waals surface area (Å²) in [5.41, 5.74) is 1.16. The molecule has 0 aliphatic rings. The van der Waals surface area contributed by atoms with Gasteiger partial charge in [0.2, 0.25) is 0 Å². The summed E-state index contributed by atoms with van der Waals surface area (Å²) >= 11 is 0. The number of amides is 1. The summed E-state index contributed by atoms with van der Waals surface area (Å²) in [6.45, 7) is 4.51. The fourth-order valence-corrected chi connectivity index (χ4v) is 2.05. The van der Waals surface area contributed by atoms with Crippen molar-refractivity contribution in [2.45, 2.75) is 32.7 Å². The third kappa shape index (κ3) is 4.24. The van der Waals surface area contributed by atoms with Gasteiger partial charge in [-0.05, 0) is 39.6 Å². The molecule has 0 unspecified atom stereocenters. The van der Waals surface area contributed by atoms with Gasteiger partial charge in [0.25, 0.3) is 5.91 Å². The first-order chi connectivity index (χ1) is 8.97. The normalized spacial score (nSPS) is 12.5. The van der Waals surface area contributed by atoms with Gasteiger partial charge in [-0.3, -0.25) is 4.79 Å². The molecule has 0 fully saturated rings. The molecule has 1 aromatic rings. The highest BCUT2D eigenvalue weighted by molar-refractivity contribution is 5.96. The van der Waals surface area contributed by atoms with Gasteiger partial charge in [0.15, 0.2) is 0 Å². The SMILES string of the molecule is CCC[C@H](CNC(=O)c1cccc(O)c1C)N(C)C. The molecule has 106 valence electrons. The van der Waals surface area contributed by atoms with Gasteiger partial charge in [-0.2, -0.15) is 0 Å². The van der Waals surface area contributed by atoms with Crippen LogP contribution in [0, 0.1) is 6.92 Å². The number of phenols is 1. The molecular weight excluding hydrogens is 240 g/mol. The number of hydrogen-bond acceptors (Lipinski definition) is 3. The molecule has 0 heterocycles. The van der Waals surface area contributed by atoms with Gasteiger partial charge >= 0.3 is 0 Å². The van der Waals surface area contributed by atoms with Gasteiger partial charge in [0.05, 0.1) is 0 Å². The Morgan fingerprint density at radius 2 is 2.11 bits per heavy atom. The van der Waals surface area contributed by atoms with Crippen molar-refractivity contribution in [3.05, 3.63) is 29.3 Å². The van der Waals surface area contributed by atoms with Gasteiger partial charge in [-0.15, -0.1) is 0 Å². The predicted molar refractivity (Wildman–Crippen MR) is 77.6 cm³/mol. The number of carbonyl (C=O) groups excluding carboxylic acids is 1. The first-order valence-electron chi connectivity index (χ1n) is 6.70. The summed E-state index contributed by atoms with van der Waals surface area (Å²) in [7, 11) is 4.04. The average Bonchev–Trinajstić information content (AvgIpc) is 2.37. The minimum atomic E-state index is -0.128. The Labute approximate surface area is 115 Å². The molecule has 0 aliphatic heterocycles. The number of carbonyl (C=O) groups is 1. The van der Waals surface area contributed by atoms with Crippen LogP contribution in [-0.2, 0) is 0 Å². The maximum absolute atomic E-state index is 12.1. The lowest BCUT2D eigenvalue weighted by molar-refractivity contribution is 0.0939. The highest BCUT2D eigenvalue weighted by Crippen LogP contribution is 2.19. The summed E-state index contributed by atoms with van der Waals surface area (Å²) in [4.78, 5) is 14.2. The van der Waals surface area contributed by atoms with Crippen LogP contribution in [0.15, 0.2) is 18.2 Å². The Morgan fingerprint density at radius 3 is 2.68 bits per heavy atom. The number of rotatable bonds is 6. The molecule has 0 saturated carbocycles. The first-order valence-corrected chi connectivity index (χ1v) is 6.70. The van der Waals surface area contributed by atoms with E-state index in [0.29, 0.717) is 23.7 Å². The van der Waals surface area contributed by atoms with Crippen LogP contribution in [0.1, 0.15) is 35.7 Å². The third-order valence-electron chi connectivity index (χ3n) is 3.40. The number of likely N-dealkylation sites (N-methyl/N-ethyl adjacent to an activating group) is 1. The monoisotopic (exact) mass is 264 g/mol. The van der Waals surface area contributed by atoms with Crippen molar-refractivity contribution >= 4 is 5.91 Å². The van der Waals surface area contributed by atoms with E-state index in [-0.39, 0.29) is 11.7 Å². The molecule has 0 spiro atoms. The second-order valence-corrected chi connectivity index (χ2v) is 5.07. The standard InChI is InChI=1S/C15H24N2O2/c1-5-7-12(17(3)4)10-16-15(19)13-8-6-9-14(18)11(13)2/h6,8-9,12,18H,5,7,10H2,1-4H3,(H,16,19)/t12-/m1/s1. The fourth-order valence-electron chi connectivity index (χ4n) is 2.05. The van der Waals surface area contributed by atoms with Gasteiger partial charge < -0.3 is 15.3 Å². The maximum Gasteiger partial charge on any atom is 0.251 e. The van der Waals surface area contributed by atoms with E-state index in [9.17, 15) is 9.90 Å². The number of hydrogen-bond donors (Lipinski definition) is 2. The van der Waals surface area contributed by atoms with Crippen molar-refractivity contribution in [1.29, 1.82) is 0 Å². The highest BCUT2D eigenvalue weighted by atomic mass is 16.3. The van der Waals surface area contributed by atoms with Gasteiger partial charge in [0.1, 0.15) is 5.75 Å². The second-order valence-electron chi connectivity index (χ2n) is 5.07. The van der Waals surface area contributed by atoms with Crippen LogP contribution >= 0.6 is 0 Å².